The molecule has 0 unspecified atom stereocenters. The number of nitrogens with one attached hydrogen (secondary N) is 2. The number of likely N-dealkylation sites (N-methyl/N-ethyl adjacent to an activating group) is 1. The quantitative estimate of drug-likeness (QED) is 0.518. The molecule has 2 N–H and O–H groups in total. The molecule has 1 rings (SSSR count). The highest BCUT2D eigenvalue weighted by Crippen LogP contribution is 2.10. The average molecular weight is 359 g/mol. The summed E-state index contributed by atoms with van der Waals surface area (Å²) in [5, 5.41) is 6.16. The molecule has 0 bridgehead atoms. The molecule has 0 aliphatic rings. The number of hydrogen-bond acceptors (Lipinski definition) is 5. The molecule has 7 nitrogen and oxygen atoms in total. The SMILES string of the molecule is CCCNc1nc(C)ncc1C#CCCC(=O)NC(C)(C)CN(C)C=O. The summed E-state index contributed by atoms with van der Waals surface area (Å²) in [5.74, 6) is 7.38. The monoisotopic (exact) mass is 359 g/mol. The van der Waals surface area contributed by atoms with Crippen molar-refractivity contribution in [2.24, 2.45) is 0 Å². The minimum absolute atomic E-state index is 0.0897. The van der Waals surface area contributed by atoms with Gasteiger partial charge in [-0.3, -0.25) is 9.59 Å². The summed E-state index contributed by atoms with van der Waals surface area (Å²) in [6.45, 7) is 8.94. The third-order valence-electron chi connectivity index (χ3n) is 3.45. The van der Waals surface area contributed by atoms with E-state index in [1.54, 1.807) is 13.2 Å². The van der Waals surface area contributed by atoms with E-state index < -0.39 is 5.54 Å². The molecule has 1 heterocycles. The van der Waals surface area contributed by atoms with Crippen molar-refractivity contribution in [3.05, 3.63) is 17.6 Å². The van der Waals surface area contributed by atoms with E-state index in [-0.39, 0.29) is 5.91 Å². The lowest BCUT2D eigenvalue weighted by molar-refractivity contribution is -0.124. The van der Waals surface area contributed by atoms with Gasteiger partial charge in [0.15, 0.2) is 0 Å². The standard InChI is InChI=1S/C19H29N5O2/c1-6-11-20-18-16(12-21-15(2)22-18)9-7-8-10-17(26)23-19(3,4)13-24(5)14-25/h12,14H,6,8,10-11,13H2,1-5H3,(H,23,26)(H,20,21,22). The van der Waals surface area contributed by atoms with Gasteiger partial charge in [0, 0.05) is 39.2 Å². The molecular formula is C19H29N5O2. The second kappa shape index (κ2) is 10.4. The van der Waals surface area contributed by atoms with E-state index in [1.807, 2.05) is 20.8 Å². The molecule has 142 valence electrons. The van der Waals surface area contributed by atoms with Crippen LogP contribution in [0.25, 0.3) is 0 Å². The molecule has 2 amide bonds. The van der Waals surface area contributed by atoms with Gasteiger partial charge in [0.25, 0.3) is 0 Å². The number of carbonyl (C=O) groups excluding carboxylic acids is 2. The predicted octanol–water partition coefficient (Wildman–Crippen LogP) is 1.72. The van der Waals surface area contributed by atoms with Crippen molar-refractivity contribution in [2.75, 3.05) is 25.5 Å². The highest BCUT2D eigenvalue weighted by atomic mass is 16.2. The lowest BCUT2D eigenvalue weighted by Gasteiger charge is -2.29. The van der Waals surface area contributed by atoms with Gasteiger partial charge in [-0.2, -0.15) is 0 Å². The first kappa shape index (κ1) is 21.4. The highest BCUT2D eigenvalue weighted by Gasteiger charge is 2.21. The normalized spacial score (nSPS) is 10.5. The summed E-state index contributed by atoms with van der Waals surface area (Å²) in [4.78, 5) is 32.8. The molecule has 0 saturated heterocycles. The van der Waals surface area contributed by atoms with E-state index in [2.05, 4.69) is 39.4 Å². The van der Waals surface area contributed by atoms with Crippen LogP contribution in [-0.2, 0) is 9.59 Å². The number of anilines is 1. The number of carbonyl (C=O) groups is 2. The number of aryl methyl sites for hydroxylation is 1. The fraction of sp³-hybridized carbons (Fsp3) is 0.579. The van der Waals surface area contributed by atoms with Crippen LogP contribution in [0.4, 0.5) is 5.82 Å². The van der Waals surface area contributed by atoms with Gasteiger partial charge in [0.05, 0.1) is 11.1 Å². The molecule has 0 aliphatic heterocycles. The Labute approximate surface area is 156 Å². The maximum Gasteiger partial charge on any atom is 0.221 e. The first-order chi connectivity index (χ1) is 12.3. The van der Waals surface area contributed by atoms with Gasteiger partial charge < -0.3 is 15.5 Å². The summed E-state index contributed by atoms with van der Waals surface area (Å²) in [5.41, 5.74) is 0.250. The molecule has 1 aromatic heterocycles. The van der Waals surface area contributed by atoms with Crippen molar-refractivity contribution in [1.82, 2.24) is 20.2 Å². The van der Waals surface area contributed by atoms with E-state index in [0.717, 1.165) is 30.8 Å². The maximum absolute atomic E-state index is 12.1. The van der Waals surface area contributed by atoms with Gasteiger partial charge in [-0.25, -0.2) is 9.97 Å². The Morgan fingerprint density at radius 3 is 2.81 bits per heavy atom. The summed E-state index contributed by atoms with van der Waals surface area (Å²) >= 11 is 0. The number of rotatable bonds is 9. The van der Waals surface area contributed by atoms with Crippen LogP contribution in [0.2, 0.25) is 0 Å². The number of hydrogen-bond donors (Lipinski definition) is 2. The number of nitrogens with zero attached hydrogens (tertiary/aromatic N) is 3. The van der Waals surface area contributed by atoms with E-state index in [1.165, 1.54) is 4.90 Å². The second-order valence-electron chi connectivity index (χ2n) is 6.86. The van der Waals surface area contributed by atoms with Gasteiger partial charge in [0.2, 0.25) is 12.3 Å². The Balaban J connectivity index is 2.58. The zero-order valence-electron chi connectivity index (χ0n) is 16.3. The van der Waals surface area contributed by atoms with Gasteiger partial charge in [-0.15, -0.1) is 0 Å². The van der Waals surface area contributed by atoms with Crippen LogP contribution in [0.1, 0.15) is 51.4 Å². The largest absolute Gasteiger partial charge is 0.369 e. The molecule has 0 radical (unpaired) electrons. The lowest BCUT2D eigenvalue weighted by Crippen LogP contribution is -2.50. The molecule has 0 fully saturated rings. The van der Waals surface area contributed by atoms with Gasteiger partial charge in [-0.05, 0) is 27.2 Å². The van der Waals surface area contributed by atoms with Crippen molar-refractivity contribution in [3.63, 3.8) is 0 Å². The smallest absolute Gasteiger partial charge is 0.221 e. The Hall–Kier alpha value is -2.62. The van der Waals surface area contributed by atoms with Gasteiger partial charge >= 0.3 is 0 Å². The molecule has 7 heteroatoms. The van der Waals surface area contributed by atoms with Crippen molar-refractivity contribution >= 4 is 18.1 Å². The van der Waals surface area contributed by atoms with Crippen LogP contribution in [0, 0.1) is 18.8 Å². The summed E-state index contributed by atoms with van der Waals surface area (Å²) < 4.78 is 0. The van der Waals surface area contributed by atoms with Crippen molar-refractivity contribution in [2.45, 2.75) is 52.5 Å². The van der Waals surface area contributed by atoms with Crippen LogP contribution < -0.4 is 10.6 Å². The third-order valence-corrected chi connectivity index (χ3v) is 3.45. The second-order valence-corrected chi connectivity index (χ2v) is 6.86. The molecule has 0 atom stereocenters. The van der Waals surface area contributed by atoms with Crippen molar-refractivity contribution < 1.29 is 9.59 Å². The number of aromatic nitrogens is 2. The molecule has 26 heavy (non-hydrogen) atoms. The Morgan fingerprint density at radius 2 is 2.15 bits per heavy atom. The van der Waals surface area contributed by atoms with Crippen molar-refractivity contribution in [1.29, 1.82) is 0 Å². The fourth-order valence-electron chi connectivity index (χ4n) is 2.41. The minimum Gasteiger partial charge on any atom is -0.369 e. The molecule has 0 saturated carbocycles. The van der Waals surface area contributed by atoms with Crippen LogP contribution >= 0.6 is 0 Å². The van der Waals surface area contributed by atoms with Crippen LogP contribution in [0.5, 0.6) is 0 Å². The van der Waals surface area contributed by atoms with Crippen LogP contribution in [0.15, 0.2) is 6.20 Å². The molecule has 1 aromatic rings. The summed E-state index contributed by atoms with van der Waals surface area (Å²) in [7, 11) is 1.68. The lowest BCUT2D eigenvalue weighted by atomic mass is 10.0. The summed E-state index contributed by atoms with van der Waals surface area (Å²) in [6.07, 6.45) is 4.17. The van der Waals surface area contributed by atoms with E-state index in [9.17, 15) is 9.59 Å². The average Bonchev–Trinajstić information content (AvgIpc) is 2.57. The Kier molecular flexibility index (Phi) is 8.56. The maximum atomic E-state index is 12.1. The molecule has 0 spiro atoms. The fourth-order valence-corrected chi connectivity index (χ4v) is 2.41. The topological polar surface area (TPSA) is 87.2 Å². The predicted molar refractivity (Wildman–Crippen MR) is 103 cm³/mol. The molecule has 0 aromatic carbocycles. The van der Waals surface area contributed by atoms with E-state index in [4.69, 9.17) is 0 Å². The molecule has 0 aliphatic carbocycles. The highest BCUT2D eigenvalue weighted by molar-refractivity contribution is 5.77. The van der Waals surface area contributed by atoms with E-state index in [0.29, 0.717) is 25.2 Å². The van der Waals surface area contributed by atoms with Gasteiger partial charge in [0.1, 0.15) is 11.6 Å². The van der Waals surface area contributed by atoms with Crippen LogP contribution in [-0.4, -0.2) is 52.9 Å². The Morgan fingerprint density at radius 1 is 1.42 bits per heavy atom. The molecular weight excluding hydrogens is 330 g/mol. The minimum atomic E-state index is -0.484. The zero-order chi connectivity index (χ0) is 19.6. The summed E-state index contributed by atoms with van der Waals surface area (Å²) in [6, 6.07) is 0. The van der Waals surface area contributed by atoms with E-state index >= 15 is 0 Å². The van der Waals surface area contributed by atoms with Gasteiger partial charge in [-0.1, -0.05) is 18.8 Å². The first-order valence-corrected chi connectivity index (χ1v) is 8.80. The zero-order valence-corrected chi connectivity index (χ0v) is 16.3. The third kappa shape index (κ3) is 7.97. The van der Waals surface area contributed by atoms with Crippen molar-refractivity contribution in [3.8, 4) is 11.8 Å². The Bertz CT molecular complexity index is 676. The first-order valence-electron chi connectivity index (χ1n) is 8.80. The van der Waals surface area contributed by atoms with Crippen LogP contribution in [0.3, 0.4) is 0 Å². The number of amides is 2.